The van der Waals surface area contributed by atoms with Crippen molar-refractivity contribution >= 4 is 11.9 Å². The van der Waals surface area contributed by atoms with Crippen molar-refractivity contribution in [3.8, 4) is 0 Å². The molecule has 1 aliphatic carbocycles. The zero-order valence-corrected chi connectivity index (χ0v) is 12.8. The topological polar surface area (TPSA) is 55.4 Å². The van der Waals surface area contributed by atoms with Gasteiger partial charge in [0.1, 0.15) is 5.92 Å². The van der Waals surface area contributed by atoms with Gasteiger partial charge in [-0.15, -0.1) is 0 Å². The van der Waals surface area contributed by atoms with Crippen LogP contribution in [0.1, 0.15) is 53.9 Å². The molecule has 0 radical (unpaired) electrons. The van der Waals surface area contributed by atoms with Crippen molar-refractivity contribution in [2.75, 3.05) is 6.61 Å². The molecule has 1 aliphatic rings. The molecular formula is C15H27NO3. The van der Waals surface area contributed by atoms with Crippen molar-refractivity contribution in [2.24, 2.45) is 17.3 Å². The van der Waals surface area contributed by atoms with Crippen LogP contribution in [-0.2, 0) is 14.3 Å². The number of hydrogen-bond acceptors (Lipinski definition) is 3. The predicted molar refractivity (Wildman–Crippen MR) is 74.5 cm³/mol. The van der Waals surface area contributed by atoms with Crippen molar-refractivity contribution in [2.45, 2.75) is 59.9 Å². The van der Waals surface area contributed by atoms with Crippen molar-refractivity contribution < 1.29 is 14.3 Å². The summed E-state index contributed by atoms with van der Waals surface area (Å²) in [6, 6.07) is 0.201. The first-order chi connectivity index (χ1) is 8.77. The minimum Gasteiger partial charge on any atom is -0.465 e. The summed E-state index contributed by atoms with van der Waals surface area (Å²) in [5.41, 5.74) is -0.432. The smallest absolute Gasteiger partial charge is 0.319 e. The van der Waals surface area contributed by atoms with Gasteiger partial charge in [-0.2, -0.15) is 0 Å². The maximum absolute atomic E-state index is 12.4. The summed E-state index contributed by atoms with van der Waals surface area (Å²) >= 11 is 0. The molecule has 0 aliphatic heterocycles. The third-order valence-corrected chi connectivity index (χ3v) is 3.84. The van der Waals surface area contributed by atoms with Gasteiger partial charge in [0, 0.05) is 6.04 Å². The molecule has 110 valence electrons. The summed E-state index contributed by atoms with van der Waals surface area (Å²) in [5, 5.41) is 3.03. The Morgan fingerprint density at radius 2 is 1.95 bits per heavy atom. The van der Waals surface area contributed by atoms with Gasteiger partial charge >= 0.3 is 5.97 Å². The van der Waals surface area contributed by atoms with E-state index in [0.717, 1.165) is 19.3 Å². The predicted octanol–water partition coefficient (Wildman–Crippen LogP) is 2.52. The van der Waals surface area contributed by atoms with Gasteiger partial charge in [-0.25, -0.2) is 0 Å². The van der Waals surface area contributed by atoms with E-state index in [0.29, 0.717) is 12.5 Å². The quantitative estimate of drug-likeness (QED) is 0.630. The lowest BCUT2D eigenvalue weighted by Gasteiger charge is -2.29. The number of nitrogens with one attached hydrogen (secondary N) is 1. The van der Waals surface area contributed by atoms with Gasteiger partial charge in [0.15, 0.2) is 0 Å². The molecule has 1 fully saturated rings. The highest BCUT2D eigenvalue weighted by atomic mass is 16.5. The van der Waals surface area contributed by atoms with E-state index in [1.54, 1.807) is 6.92 Å². The van der Waals surface area contributed by atoms with E-state index >= 15 is 0 Å². The molecule has 1 N–H and O–H groups in total. The molecule has 0 heterocycles. The average molecular weight is 269 g/mol. The molecule has 1 rings (SSSR count). The fourth-order valence-electron chi connectivity index (χ4n) is 2.71. The largest absolute Gasteiger partial charge is 0.465 e. The van der Waals surface area contributed by atoms with Crippen LogP contribution in [0.4, 0.5) is 0 Å². The van der Waals surface area contributed by atoms with Gasteiger partial charge in [-0.1, -0.05) is 34.1 Å². The molecular weight excluding hydrogens is 242 g/mol. The van der Waals surface area contributed by atoms with Gasteiger partial charge < -0.3 is 10.1 Å². The Morgan fingerprint density at radius 1 is 1.32 bits per heavy atom. The standard InChI is InChI=1S/C15H27NO3/c1-6-19-14(18)12(15(3,4)5)13(17)16-11-9-7-8-10(11)2/h10-12H,6-9H2,1-5H3,(H,16,17). The highest BCUT2D eigenvalue weighted by Gasteiger charge is 2.40. The van der Waals surface area contributed by atoms with E-state index in [2.05, 4.69) is 12.2 Å². The second-order valence-electron chi connectivity index (χ2n) is 6.57. The molecule has 0 spiro atoms. The van der Waals surface area contributed by atoms with E-state index in [1.807, 2.05) is 20.8 Å². The van der Waals surface area contributed by atoms with Crippen molar-refractivity contribution in [1.29, 1.82) is 0 Å². The Hall–Kier alpha value is -1.06. The van der Waals surface area contributed by atoms with Gasteiger partial charge in [-0.3, -0.25) is 9.59 Å². The molecule has 0 aromatic carbocycles. The SMILES string of the molecule is CCOC(=O)C(C(=O)NC1CCCC1C)C(C)(C)C. The number of ether oxygens (including phenoxy) is 1. The van der Waals surface area contributed by atoms with Gasteiger partial charge in [-0.05, 0) is 31.1 Å². The van der Waals surface area contributed by atoms with Crippen LogP contribution in [0, 0.1) is 17.3 Å². The zero-order valence-electron chi connectivity index (χ0n) is 12.8. The Kier molecular flexibility index (Phi) is 5.39. The van der Waals surface area contributed by atoms with Gasteiger partial charge in [0.2, 0.25) is 5.91 Å². The lowest BCUT2D eigenvalue weighted by atomic mass is 9.80. The molecule has 0 bridgehead atoms. The van der Waals surface area contributed by atoms with E-state index < -0.39 is 17.3 Å². The first-order valence-corrected chi connectivity index (χ1v) is 7.24. The summed E-state index contributed by atoms with van der Waals surface area (Å²) in [6.07, 6.45) is 3.29. The molecule has 0 aromatic heterocycles. The zero-order chi connectivity index (χ0) is 14.6. The maximum atomic E-state index is 12.4. The molecule has 0 aromatic rings. The van der Waals surface area contributed by atoms with Crippen LogP contribution in [0.3, 0.4) is 0 Å². The molecule has 4 nitrogen and oxygen atoms in total. The Morgan fingerprint density at radius 3 is 2.37 bits per heavy atom. The van der Waals surface area contributed by atoms with Crippen molar-refractivity contribution in [3.63, 3.8) is 0 Å². The summed E-state index contributed by atoms with van der Waals surface area (Å²) < 4.78 is 5.04. The van der Waals surface area contributed by atoms with Crippen LogP contribution in [0.15, 0.2) is 0 Å². The first-order valence-electron chi connectivity index (χ1n) is 7.24. The Balaban J connectivity index is 2.74. The fraction of sp³-hybridized carbons (Fsp3) is 0.867. The van der Waals surface area contributed by atoms with Gasteiger partial charge in [0.25, 0.3) is 0 Å². The second-order valence-corrected chi connectivity index (χ2v) is 6.57. The third kappa shape index (κ3) is 4.22. The number of esters is 1. The van der Waals surface area contributed by atoms with Crippen LogP contribution in [0.5, 0.6) is 0 Å². The van der Waals surface area contributed by atoms with Crippen molar-refractivity contribution in [3.05, 3.63) is 0 Å². The lowest BCUT2D eigenvalue weighted by Crippen LogP contribution is -2.47. The second kappa shape index (κ2) is 6.40. The molecule has 3 unspecified atom stereocenters. The summed E-state index contributed by atoms with van der Waals surface area (Å²) in [7, 11) is 0. The third-order valence-electron chi connectivity index (χ3n) is 3.84. The Bertz CT molecular complexity index is 333. The normalized spacial score (nSPS) is 24.9. The number of rotatable bonds is 4. The van der Waals surface area contributed by atoms with Crippen LogP contribution in [0.25, 0.3) is 0 Å². The van der Waals surface area contributed by atoms with E-state index in [4.69, 9.17) is 4.74 Å². The monoisotopic (exact) mass is 269 g/mol. The molecule has 1 saturated carbocycles. The summed E-state index contributed by atoms with van der Waals surface area (Å²) in [4.78, 5) is 24.4. The lowest BCUT2D eigenvalue weighted by molar-refractivity contribution is -0.157. The van der Waals surface area contributed by atoms with E-state index in [1.165, 1.54) is 0 Å². The van der Waals surface area contributed by atoms with Crippen LogP contribution in [-0.4, -0.2) is 24.5 Å². The molecule has 3 atom stereocenters. The van der Waals surface area contributed by atoms with E-state index in [-0.39, 0.29) is 11.9 Å². The number of amides is 1. The minimum absolute atomic E-state index is 0.190. The van der Waals surface area contributed by atoms with E-state index in [9.17, 15) is 9.59 Å². The van der Waals surface area contributed by atoms with Gasteiger partial charge in [0.05, 0.1) is 6.61 Å². The van der Waals surface area contributed by atoms with Crippen LogP contribution in [0.2, 0.25) is 0 Å². The average Bonchev–Trinajstić information content (AvgIpc) is 2.62. The highest BCUT2D eigenvalue weighted by Crippen LogP contribution is 2.30. The molecule has 1 amide bonds. The number of carbonyl (C=O) groups excluding carboxylic acids is 2. The minimum atomic E-state index is -0.736. The number of carbonyl (C=O) groups is 2. The maximum Gasteiger partial charge on any atom is 0.319 e. The summed E-state index contributed by atoms with van der Waals surface area (Å²) in [5.74, 6) is -0.852. The highest BCUT2D eigenvalue weighted by molar-refractivity contribution is 5.98. The van der Waals surface area contributed by atoms with Crippen LogP contribution >= 0.6 is 0 Å². The molecule has 0 saturated heterocycles. The summed E-state index contributed by atoms with van der Waals surface area (Å²) in [6.45, 7) is 9.90. The van der Waals surface area contributed by atoms with Crippen molar-refractivity contribution in [1.82, 2.24) is 5.32 Å². The Labute approximate surface area is 116 Å². The first kappa shape index (κ1) is 16.0. The number of hydrogen-bond donors (Lipinski definition) is 1. The molecule has 4 heteroatoms. The molecule has 19 heavy (non-hydrogen) atoms. The fourth-order valence-corrected chi connectivity index (χ4v) is 2.71. The van der Waals surface area contributed by atoms with Crippen LogP contribution < -0.4 is 5.32 Å².